The smallest absolute Gasteiger partial charge is 0.313 e. The van der Waals surface area contributed by atoms with Crippen molar-refractivity contribution in [3.63, 3.8) is 0 Å². The molecule has 0 aliphatic heterocycles. The zero-order valence-corrected chi connectivity index (χ0v) is 12.3. The summed E-state index contributed by atoms with van der Waals surface area (Å²) in [5.74, 6) is -1.27. The second-order valence-corrected chi connectivity index (χ2v) is 4.56. The highest BCUT2D eigenvalue weighted by Gasteiger charge is 2.12. The molecule has 5 heteroatoms. The van der Waals surface area contributed by atoms with Crippen molar-refractivity contribution in [2.75, 3.05) is 25.1 Å². The molecular formula is C15H22N2O3. The first-order chi connectivity index (χ1) is 9.54. The van der Waals surface area contributed by atoms with Gasteiger partial charge in [0.1, 0.15) is 0 Å². The number of benzene rings is 1. The average molecular weight is 278 g/mol. The van der Waals surface area contributed by atoms with Gasteiger partial charge in [0.2, 0.25) is 0 Å². The van der Waals surface area contributed by atoms with E-state index < -0.39 is 11.8 Å². The molecule has 2 N–H and O–H groups in total. The molecule has 0 fully saturated rings. The van der Waals surface area contributed by atoms with Crippen LogP contribution in [0.1, 0.15) is 24.5 Å². The topological polar surface area (TPSA) is 67.4 Å². The summed E-state index contributed by atoms with van der Waals surface area (Å²) in [5.41, 5.74) is 2.84. The third kappa shape index (κ3) is 5.40. The van der Waals surface area contributed by atoms with Gasteiger partial charge < -0.3 is 15.4 Å². The molecule has 20 heavy (non-hydrogen) atoms. The summed E-state index contributed by atoms with van der Waals surface area (Å²) in [6.07, 6.45) is 0.691. The van der Waals surface area contributed by atoms with E-state index in [9.17, 15) is 9.59 Å². The van der Waals surface area contributed by atoms with E-state index in [4.69, 9.17) is 4.74 Å². The molecule has 0 atom stereocenters. The molecule has 0 spiro atoms. The van der Waals surface area contributed by atoms with Crippen molar-refractivity contribution in [2.45, 2.75) is 27.2 Å². The van der Waals surface area contributed by atoms with Crippen LogP contribution in [0.5, 0.6) is 0 Å². The van der Waals surface area contributed by atoms with Gasteiger partial charge in [-0.1, -0.05) is 6.07 Å². The number of ether oxygens (including phenoxy) is 1. The lowest BCUT2D eigenvalue weighted by atomic mass is 10.1. The van der Waals surface area contributed by atoms with Crippen molar-refractivity contribution < 1.29 is 14.3 Å². The second kappa shape index (κ2) is 8.32. The summed E-state index contributed by atoms with van der Waals surface area (Å²) in [6, 6.07) is 5.53. The van der Waals surface area contributed by atoms with Crippen LogP contribution in [0.2, 0.25) is 0 Å². The van der Waals surface area contributed by atoms with Gasteiger partial charge in [0, 0.05) is 25.4 Å². The van der Waals surface area contributed by atoms with Crippen LogP contribution in [-0.2, 0) is 14.3 Å². The summed E-state index contributed by atoms with van der Waals surface area (Å²) in [4.78, 5) is 23.2. The SMILES string of the molecule is CCOCCCNC(=O)C(=O)Nc1ccc(C)c(C)c1. The standard InChI is InChI=1S/C15H22N2O3/c1-4-20-9-5-8-16-14(18)15(19)17-13-7-6-11(2)12(3)10-13/h6-7,10H,4-5,8-9H2,1-3H3,(H,16,18)(H,17,19). The number of amides is 2. The predicted molar refractivity (Wildman–Crippen MR) is 78.7 cm³/mol. The Balaban J connectivity index is 2.37. The van der Waals surface area contributed by atoms with E-state index in [0.29, 0.717) is 31.9 Å². The largest absolute Gasteiger partial charge is 0.382 e. The first kappa shape index (κ1) is 16.2. The number of carbonyl (C=O) groups excluding carboxylic acids is 2. The van der Waals surface area contributed by atoms with Crippen LogP contribution in [0.25, 0.3) is 0 Å². The van der Waals surface area contributed by atoms with E-state index in [-0.39, 0.29) is 0 Å². The zero-order chi connectivity index (χ0) is 15.0. The quantitative estimate of drug-likeness (QED) is 0.616. The number of rotatable bonds is 6. The molecule has 0 radical (unpaired) electrons. The highest BCUT2D eigenvalue weighted by molar-refractivity contribution is 6.39. The van der Waals surface area contributed by atoms with Gasteiger partial charge in [-0.15, -0.1) is 0 Å². The van der Waals surface area contributed by atoms with Crippen molar-refractivity contribution in [3.05, 3.63) is 29.3 Å². The van der Waals surface area contributed by atoms with Gasteiger partial charge in [0.15, 0.2) is 0 Å². The summed E-state index contributed by atoms with van der Waals surface area (Å²) in [5, 5.41) is 5.14. The summed E-state index contributed by atoms with van der Waals surface area (Å²) in [6.45, 7) is 7.52. The number of hydrogen-bond donors (Lipinski definition) is 2. The Kier molecular flexibility index (Phi) is 6.73. The molecule has 0 unspecified atom stereocenters. The van der Waals surface area contributed by atoms with Gasteiger partial charge in [-0.2, -0.15) is 0 Å². The molecule has 0 heterocycles. The van der Waals surface area contributed by atoms with Crippen LogP contribution < -0.4 is 10.6 Å². The van der Waals surface area contributed by atoms with E-state index in [2.05, 4.69) is 10.6 Å². The van der Waals surface area contributed by atoms with Crippen LogP contribution in [0.4, 0.5) is 5.69 Å². The Morgan fingerprint density at radius 1 is 1.15 bits per heavy atom. The summed E-state index contributed by atoms with van der Waals surface area (Å²) < 4.78 is 5.14. The van der Waals surface area contributed by atoms with Crippen molar-refractivity contribution in [1.82, 2.24) is 5.32 Å². The molecular weight excluding hydrogens is 256 g/mol. The molecule has 1 aromatic rings. The van der Waals surface area contributed by atoms with Crippen LogP contribution in [0.15, 0.2) is 18.2 Å². The molecule has 0 aliphatic carbocycles. The Bertz CT molecular complexity index is 472. The van der Waals surface area contributed by atoms with Gasteiger partial charge in [-0.25, -0.2) is 0 Å². The maximum atomic E-state index is 11.7. The van der Waals surface area contributed by atoms with Gasteiger partial charge in [-0.3, -0.25) is 9.59 Å². The molecule has 110 valence electrons. The maximum absolute atomic E-state index is 11.7. The third-order valence-electron chi connectivity index (χ3n) is 2.93. The minimum absolute atomic E-state index is 0.430. The lowest BCUT2D eigenvalue weighted by molar-refractivity contribution is -0.136. The number of anilines is 1. The van der Waals surface area contributed by atoms with Crippen LogP contribution in [0.3, 0.4) is 0 Å². The van der Waals surface area contributed by atoms with Gasteiger partial charge in [-0.05, 0) is 50.5 Å². The molecule has 0 saturated carbocycles. The maximum Gasteiger partial charge on any atom is 0.313 e. The highest BCUT2D eigenvalue weighted by Crippen LogP contribution is 2.13. The van der Waals surface area contributed by atoms with Crippen LogP contribution in [0, 0.1) is 13.8 Å². The minimum atomic E-state index is -0.648. The molecule has 2 amide bonds. The Labute approximate surface area is 119 Å². The molecule has 1 rings (SSSR count). The van der Waals surface area contributed by atoms with Crippen molar-refractivity contribution in [2.24, 2.45) is 0 Å². The molecule has 0 aliphatic rings. The molecule has 0 aromatic heterocycles. The third-order valence-corrected chi connectivity index (χ3v) is 2.93. The van der Waals surface area contributed by atoms with E-state index >= 15 is 0 Å². The number of aryl methyl sites for hydroxylation is 2. The second-order valence-electron chi connectivity index (χ2n) is 4.56. The first-order valence-corrected chi connectivity index (χ1v) is 6.78. The Morgan fingerprint density at radius 3 is 2.55 bits per heavy atom. The number of nitrogens with one attached hydrogen (secondary N) is 2. The van der Waals surface area contributed by atoms with Crippen molar-refractivity contribution >= 4 is 17.5 Å². The molecule has 1 aromatic carbocycles. The minimum Gasteiger partial charge on any atom is -0.382 e. The Hall–Kier alpha value is -1.88. The fraction of sp³-hybridized carbons (Fsp3) is 0.467. The van der Waals surface area contributed by atoms with E-state index in [1.807, 2.05) is 32.9 Å². The lowest BCUT2D eigenvalue weighted by Gasteiger charge is -2.08. The highest BCUT2D eigenvalue weighted by atomic mass is 16.5. The molecule has 0 saturated heterocycles. The fourth-order valence-electron chi connectivity index (χ4n) is 1.61. The Morgan fingerprint density at radius 2 is 1.90 bits per heavy atom. The van der Waals surface area contributed by atoms with Gasteiger partial charge in [0.25, 0.3) is 0 Å². The fourth-order valence-corrected chi connectivity index (χ4v) is 1.61. The molecule has 5 nitrogen and oxygen atoms in total. The van der Waals surface area contributed by atoms with Gasteiger partial charge >= 0.3 is 11.8 Å². The molecule has 0 bridgehead atoms. The van der Waals surface area contributed by atoms with Crippen molar-refractivity contribution in [3.8, 4) is 0 Å². The van der Waals surface area contributed by atoms with Crippen LogP contribution in [-0.4, -0.2) is 31.6 Å². The zero-order valence-electron chi connectivity index (χ0n) is 12.3. The monoisotopic (exact) mass is 278 g/mol. The van der Waals surface area contributed by atoms with Crippen molar-refractivity contribution in [1.29, 1.82) is 0 Å². The summed E-state index contributed by atoms with van der Waals surface area (Å²) >= 11 is 0. The van der Waals surface area contributed by atoms with Crippen LogP contribution >= 0.6 is 0 Å². The lowest BCUT2D eigenvalue weighted by Crippen LogP contribution is -2.36. The van der Waals surface area contributed by atoms with E-state index in [1.54, 1.807) is 6.07 Å². The number of hydrogen-bond acceptors (Lipinski definition) is 3. The average Bonchev–Trinajstić information content (AvgIpc) is 2.42. The van der Waals surface area contributed by atoms with E-state index in [0.717, 1.165) is 11.1 Å². The normalized spacial score (nSPS) is 10.2. The predicted octanol–water partition coefficient (Wildman–Crippen LogP) is 1.78. The first-order valence-electron chi connectivity index (χ1n) is 6.78. The van der Waals surface area contributed by atoms with Gasteiger partial charge in [0.05, 0.1) is 0 Å². The number of carbonyl (C=O) groups is 2. The summed E-state index contributed by atoms with van der Waals surface area (Å²) in [7, 11) is 0. The van der Waals surface area contributed by atoms with E-state index in [1.165, 1.54) is 0 Å².